The molecule has 0 aliphatic heterocycles. The van der Waals surface area contributed by atoms with Crippen molar-refractivity contribution in [2.45, 2.75) is 20.3 Å². The summed E-state index contributed by atoms with van der Waals surface area (Å²) in [4.78, 5) is 18.1. The molecule has 16 heavy (non-hydrogen) atoms. The van der Waals surface area contributed by atoms with Crippen molar-refractivity contribution in [2.24, 2.45) is 0 Å². The molecule has 4 heteroatoms. The summed E-state index contributed by atoms with van der Waals surface area (Å²) in [6.45, 7) is 5.40. The highest BCUT2D eigenvalue weighted by Crippen LogP contribution is 2.08. The van der Waals surface area contributed by atoms with Gasteiger partial charge in [-0.1, -0.05) is 22.0 Å². The number of carbonyl (C=O) groups is 1. The number of aryl methyl sites for hydroxylation is 1. The van der Waals surface area contributed by atoms with Crippen LogP contribution in [0.3, 0.4) is 0 Å². The Balaban J connectivity index is 2.79. The molecule has 0 aliphatic rings. The van der Waals surface area contributed by atoms with Gasteiger partial charge in [-0.05, 0) is 31.9 Å². The van der Waals surface area contributed by atoms with E-state index in [1.807, 2.05) is 30.9 Å². The summed E-state index contributed by atoms with van der Waals surface area (Å²) >= 11 is 3.37. The van der Waals surface area contributed by atoms with E-state index in [9.17, 15) is 4.79 Å². The van der Waals surface area contributed by atoms with Crippen LogP contribution in [0.1, 0.15) is 29.4 Å². The Hall–Kier alpha value is -0.900. The third-order valence-electron chi connectivity index (χ3n) is 2.44. The molecule has 0 atom stereocenters. The highest BCUT2D eigenvalue weighted by atomic mass is 79.9. The van der Waals surface area contributed by atoms with Crippen LogP contribution < -0.4 is 0 Å². The number of hydrogen-bond donors (Lipinski definition) is 0. The van der Waals surface area contributed by atoms with E-state index in [2.05, 4.69) is 20.9 Å². The quantitative estimate of drug-likeness (QED) is 0.779. The first-order valence-electron chi connectivity index (χ1n) is 5.47. The van der Waals surface area contributed by atoms with Gasteiger partial charge in [0.25, 0.3) is 5.91 Å². The Bertz CT molecular complexity index is 355. The second kappa shape index (κ2) is 6.63. The molecule has 0 bridgehead atoms. The highest BCUT2D eigenvalue weighted by molar-refractivity contribution is 9.09. The maximum atomic E-state index is 12.2. The van der Waals surface area contributed by atoms with Gasteiger partial charge >= 0.3 is 0 Å². The van der Waals surface area contributed by atoms with Crippen LogP contribution in [0.25, 0.3) is 0 Å². The van der Waals surface area contributed by atoms with Gasteiger partial charge in [0.05, 0.1) is 0 Å². The van der Waals surface area contributed by atoms with Gasteiger partial charge in [0.2, 0.25) is 0 Å². The minimum Gasteiger partial charge on any atom is -0.338 e. The molecule has 0 saturated heterocycles. The van der Waals surface area contributed by atoms with Gasteiger partial charge in [0.15, 0.2) is 0 Å². The van der Waals surface area contributed by atoms with Crippen LogP contribution in [-0.2, 0) is 0 Å². The average Bonchev–Trinajstić information content (AvgIpc) is 2.30. The highest BCUT2D eigenvalue weighted by Gasteiger charge is 2.16. The summed E-state index contributed by atoms with van der Waals surface area (Å²) in [5.74, 6) is 0.0292. The largest absolute Gasteiger partial charge is 0.338 e. The van der Waals surface area contributed by atoms with Crippen LogP contribution in [-0.4, -0.2) is 34.2 Å². The molecule has 0 fully saturated rings. The smallest absolute Gasteiger partial charge is 0.272 e. The number of pyridine rings is 1. The van der Waals surface area contributed by atoms with E-state index in [0.717, 1.165) is 30.4 Å². The summed E-state index contributed by atoms with van der Waals surface area (Å²) in [6, 6.07) is 3.76. The van der Waals surface area contributed by atoms with E-state index in [4.69, 9.17) is 0 Å². The molecule has 88 valence electrons. The number of carbonyl (C=O) groups excluding carboxylic acids is 1. The van der Waals surface area contributed by atoms with Crippen LogP contribution in [0.2, 0.25) is 0 Å². The SMILES string of the molecule is CCN(CCCBr)C(=O)c1ncccc1C. The molecular formula is C12H17BrN2O. The second-order valence-electron chi connectivity index (χ2n) is 3.60. The van der Waals surface area contributed by atoms with Crippen molar-refractivity contribution in [3.63, 3.8) is 0 Å². The first kappa shape index (κ1) is 13.2. The predicted molar refractivity (Wildman–Crippen MR) is 69.0 cm³/mol. The first-order valence-corrected chi connectivity index (χ1v) is 6.59. The third kappa shape index (κ3) is 3.30. The Morgan fingerprint density at radius 2 is 2.31 bits per heavy atom. The van der Waals surface area contributed by atoms with E-state index in [1.165, 1.54) is 0 Å². The Morgan fingerprint density at radius 3 is 2.88 bits per heavy atom. The third-order valence-corrected chi connectivity index (χ3v) is 3.00. The molecule has 1 aromatic heterocycles. The fourth-order valence-corrected chi connectivity index (χ4v) is 1.76. The second-order valence-corrected chi connectivity index (χ2v) is 4.39. The molecule has 1 heterocycles. The van der Waals surface area contributed by atoms with Gasteiger partial charge in [0.1, 0.15) is 5.69 Å². The molecule has 0 radical (unpaired) electrons. The van der Waals surface area contributed by atoms with Crippen molar-refractivity contribution in [1.29, 1.82) is 0 Å². The molecule has 1 amide bonds. The lowest BCUT2D eigenvalue weighted by atomic mass is 10.2. The molecule has 3 nitrogen and oxygen atoms in total. The number of aromatic nitrogens is 1. The topological polar surface area (TPSA) is 33.2 Å². The molecule has 1 aromatic rings. The summed E-state index contributed by atoms with van der Waals surface area (Å²) in [5.41, 5.74) is 1.50. The van der Waals surface area contributed by atoms with Gasteiger partial charge in [-0.15, -0.1) is 0 Å². The van der Waals surface area contributed by atoms with E-state index in [1.54, 1.807) is 6.20 Å². The number of rotatable bonds is 5. The normalized spacial score (nSPS) is 10.2. The maximum absolute atomic E-state index is 12.2. The lowest BCUT2D eigenvalue weighted by Gasteiger charge is -2.20. The molecule has 0 unspecified atom stereocenters. The molecular weight excluding hydrogens is 268 g/mol. The monoisotopic (exact) mass is 284 g/mol. The number of nitrogens with zero attached hydrogens (tertiary/aromatic N) is 2. The zero-order valence-corrected chi connectivity index (χ0v) is 11.3. The van der Waals surface area contributed by atoms with Crippen LogP contribution >= 0.6 is 15.9 Å². The van der Waals surface area contributed by atoms with Crippen molar-refractivity contribution in [2.75, 3.05) is 18.4 Å². The number of amides is 1. The van der Waals surface area contributed by atoms with E-state index < -0.39 is 0 Å². The maximum Gasteiger partial charge on any atom is 0.272 e. The Labute approximate surface area is 105 Å². The van der Waals surface area contributed by atoms with Crippen molar-refractivity contribution >= 4 is 21.8 Å². The van der Waals surface area contributed by atoms with Gasteiger partial charge < -0.3 is 4.90 Å². The van der Waals surface area contributed by atoms with Crippen molar-refractivity contribution in [3.05, 3.63) is 29.6 Å². The fourth-order valence-electron chi connectivity index (χ4n) is 1.51. The standard InChI is InChI=1S/C12H17BrN2O/c1-3-15(9-5-7-13)12(16)11-10(2)6-4-8-14-11/h4,6,8H,3,5,7,9H2,1-2H3. The molecule has 0 aliphatic carbocycles. The lowest BCUT2D eigenvalue weighted by molar-refractivity contribution is 0.0758. The molecule has 0 aromatic carbocycles. The number of halogens is 1. The van der Waals surface area contributed by atoms with Gasteiger partial charge in [0, 0.05) is 24.6 Å². The van der Waals surface area contributed by atoms with E-state index in [-0.39, 0.29) is 5.91 Å². The van der Waals surface area contributed by atoms with Gasteiger partial charge in [-0.25, -0.2) is 0 Å². The van der Waals surface area contributed by atoms with E-state index >= 15 is 0 Å². The summed E-state index contributed by atoms with van der Waals surface area (Å²) < 4.78 is 0. The minimum atomic E-state index is 0.0292. The van der Waals surface area contributed by atoms with Crippen LogP contribution in [0.5, 0.6) is 0 Å². The molecule has 0 N–H and O–H groups in total. The Kier molecular flexibility index (Phi) is 5.46. The first-order chi connectivity index (χ1) is 7.70. The summed E-state index contributed by atoms with van der Waals surface area (Å²) in [5, 5.41) is 0.915. The number of hydrogen-bond acceptors (Lipinski definition) is 2. The molecule has 1 rings (SSSR count). The van der Waals surface area contributed by atoms with Crippen molar-refractivity contribution in [1.82, 2.24) is 9.88 Å². The van der Waals surface area contributed by atoms with Crippen LogP contribution in [0.15, 0.2) is 18.3 Å². The zero-order chi connectivity index (χ0) is 12.0. The molecule has 0 saturated carbocycles. The summed E-state index contributed by atoms with van der Waals surface area (Å²) in [6.07, 6.45) is 2.63. The average molecular weight is 285 g/mol. The fraction of sp³-hybridized carbons (Fsp3) is 0.500. The minimum absolute atomic E-state index is 0.0292. The number of alkyl halides is 1. The Morgan fingerprint density at radius 1 is 1.56 bits per heavy atom. The van der Waals surface area contributed by atoms with Gasteiger partial charge in [-0.3, -0.25) is 9.78 Å². The zero-order valence-electron chi connectivity index (χ0n) is 9.74. The summed E-state index contributed by atoms with van der Waals surface area (Å²) in [7, 11) is 0. The lowest BCUT2D eigenvalue weighted by Crippen LogP contribution is -2.33. The predicted octanol–water partition coefficient (Wildman–Crippen LogP) is 2.64. The van der Waals surface area contributed by atoms with Crippen LogP contribution in [0.4, 0.5) is 0 Å². The van der Waals surface area contributed by atoms with Crippen molar-refractivity contribution in [3.8, 4) is 0 Å². The van der Waals surface area contributed by atoms with Gasteiger partial charge in [-0.2, -0.15) is 0 Å². The van der Waals surface area contributed by atoms with E-state index in [0.29, 0.717) is 5.69 Å². The van der Waals surface area contributed by atoms with Crippen LogP contribution in [0, 0.1) is 6.92 Å². The van der Waals surface area contributed by atoms with Crippen molar-refractivity contribution < 1.29 is 4.79 Å². The molecule has 0 spiro atoms.